The summed E-state index contributed by atoms with van der Waals surface area (Å²) in [5.41, 5.74) is 1.34. The molecule has 0 saturated carbocycles. The number of hydrogen-bond acceptors (Lipinski definition) is 4. The van der Waals surface area contributed by atoms with Crippen LogP contribution < -0.4 is 5.32 Å². The van der Waals surface area contributed by atoms with E-state index in [-0.39, 0.29) is 5.97 Å². The van der Waals surface area contributed by atoms with E-state index in [2.05, 4.69) is 41.5 Å². The highest BCUT2D eigenvalue weighted by molar-refractivity contribution is 5.69. The highest BCUT2D eigenvalue weighted by atomic mass is 16.5. The van der Waals surface area contributed by atoms with Crippen molar-refractivity contribution in [2.45, 2.75) is 26.3 Å². The van der Waals surface area contributed by atoms with E-state index in [4.69, 9.17) is 4.74 Å². The van der Waals surface area contributed by atoms with Crippen LogP contribution in [-0.4, -0.2) is 44.2 Å². The molecule has 0 spiro atoms. The van der Waals surface area contributed by atoms with Crippen molar-refractivity contribution in [3.63, 3.8) is 0 Å². The standard InChI is InChI=1S/C16H26N2O2/c1-3-20-16(19)10-12-17-11-7-13-18(2)14-15-8-5-4-6-9-15/h4-6,8-9,17H,3,7,10-14H2,1-2H3. The lowest BCUT2D eigenvalue weighted by atomic mass is 10.2. The molecular formula is C16H26N2O2. The molecule has 0 radical (unpaired) electrons. The smallest absolute Gasteiger partial charge is 0.307 e. The maximum Gasteiger partial charge on any atom is 0.307 e. The van der Waals surface area contributed by atoms with Crippen LogP contribution in [0.2, 0.25) is 0 Å². The highest BCUT2D eigenvalue weighted by Gasteiger charge is 2.01. The molecule has 0 amide bonds. The molecular weight excluding hydrogens is 252 g/mol. The van der Waals surface area contributed by atoms with Gasteiger partial charge in [0.05, 0.1) is 13.0 Å². The number of carbonyl (C=O) groups is 1. The second-order valence-corrected chi connectivity index (χ2v) is 4.88. The Balaban J connectivity index is 1.99. The normalized spacial score (nSPS) is 10.8. The average Bonchev–Trinajstić information content (AvgIpc) is 2.44. The monoisotopic (exact) mass is 278 g/mol. The van der Waals surface area contributed by atoms with E-state index in [9.17, 15) is 4.79 Å². The van der Waals surface area contributed by atoms with Gasteiger partial charge >= 0.3 is 5.97 Å². The SMILES string of the molecule is CCOC(=O)CCNCCCN(C)Cc1ccccc1. The molecule has 1 rings (SSSR count). The fraction of sp³-hybridized carbons (Fsp3) is 0.562. The zero-order valence-electron chi connectivity index (χ0n) is 12.6. The van der Waals surface area contributed by atoms with E-state index >= 15 is 0 Å². The first-order valence-corrected chi connectivity index (χ1v) is 7.31. The summed E-state index contributed by atoms with van der Waals surface area (Å²) in [6.45, 7) is 5.93. The summed E-state index contributed by atoms with van der Waals surface area (Å²) in [4.78, 5) is 13.4. The Kier molecular flexibility index (Phi) is 8.67. The Morgan fingerprint density at radius 3 is 2.70 bits per heavy atom. The molecule has 0 bridgehead atoms. The summed E-state index contributed by atoms with van der Waals surface area (Å²) in [6, 6.07) is 10.5. The second kappa shape index (κ2) is 10.4. The van der Waals surface area contributed by atoms with Gasteiger partial charge in [-0.2, -0.15) is 0 Å². The summed E-state index contributed by atoms with van der Waals surface area (Å²) in [6.07, 6.45) is 1.53. The van der Waals surface area contributed by atoms with Crippen LogP contribution in [0.15, 0.2) is 30.3 Å². The van der Waals surface area contributed by atoms with Crippen molar-refractivity contribution >= 4 is 5.97 Å². The Morgan fingerprint density at radius 1 is 1.25 bits per heavy atom. The number of esters is 1. The molecule has 0 heterocycles. The fourth-order valence-corrected chi connectivity index (χ4v) is 2.00. The van der Waals surface area contributed by atoms with Crippen LogP contribution in [0.1, 0.15) is 25.3 Å². The third-order valence-corrected chi connectivity index (χ3v) is 3.00. The fourth-order valence-electron chi connectivity index (χ4n) is 2.00. The first kappa shape index (κ1) is 16.7. The van der Waals surface area contributed by atoms with E-state index < -0.39 is 0 Å². The average molecular weight is 278 g/mol. The number of ether oxygens (including phenoxy) is 1. The molecule has 0 unspecified atom stereocenters. The summed E-state index contributed by atoms with van der Waals surface area (Å²) in [5.74, 6) is -0.124. The van der Waals surface area contributed by atoms with Gasteiger partial charge in [0.1, 0.15) is 0 Å². The summed E-state index contributed by atoms with van der Waals surface area (Å²) < 4.78 is 4.87. The van der Waals surface area contributed by atoms with Gasteiger partial charge in [-0.25, -0.2) is 0 Å². The number of carbonyl (C=O) groups excluding carboxylic acids is 1. The van der Waals surface area contributed by atoms with E-state index in [0.29, 0.717) is 19.6 Å². The Labute approximate surface area is 122 Å². The van der Waals surface area contributed by atoms with Crippen molar-refractivity contribution in [2.24, 2.45) is 0 Å². The molecule has 20 heavy (non-hydrogen) atoms. The first-order valence-electron chi connectivity index (χ1n) is 7.31. The van der Waals surface area contributed by atoms with Crippen LogP contribution in [0.25, 0.3) is 0 Å². The summed E-state index contributed by atoms with van der Waals surface area (Å²) >= 11 is 0. The predicted molar refractivity (Wildman–Crippen MR) is 81.5 cm³/mol. The molecule has 112 valence electrons. The number of benzene rings is 1. The Hall–Kier alpha value is -1.39. The molecule has 0 fully saturated rings. The van der Waals surface area contributed by atoms with Gasteiger partial charge in [0.2, 0.25) is 0 Å². The topological polar surface area (TPSA) is 41.6 Å². The lowest BCUT2D eigenvalue weighted by molar-refractivity contribution is -0.142. The molecule has 4 nitrogen and oxygen atoms in total. The maximum atomic E-state index is 11.1. The third-order valence-electron chi connectivity index (χ3n) is 3.00. The lowest BCUT2D eigenvalue weighted by Gasteiger charge is -2.16. The summed E-state index contributed by atoms with van der Waals surface area (Å²) in [5, 5.41) is 3.27. The molecule has 0 aliphatic carbocycles. The van der Waals surface area contributed by atoms with Gasteiger partial charge in [-0.15, -0.1) is 0 Å². The van der Waals surface area contributed by atoms with Gasteiger partial charge in [-0.3, -0.25) is 4.79 Å². The minimum absolute atomic E-state index is 0.124. The number of nitrogens with one attached hydrogen (secondary N) is 1. The zero-order chi connectivity index (χ0) is 14.6. The van der Waals surface area contributed by atoms with Crippen LogP contribution in [0.3, 0.4) is 0 Å². The highest BCUT2D eigenvalue weighted by Crippen LogP contribution is 2.02. The van der Waals surface area contributed by atoms with Crippen LogP contribution in [0, 0.1) is 0 Å². The van der Waals surface area contributed by atoms with E-state index in [1.54, 1.807) is 0 Å². The van der Waals surface area contributed by atoms with Crippen molar-refractivity contribution in [1.29, 1.82) is 0 Å². The summed E-state index contributed by atoms with van der Waals surface area (Å²) in [7, 11) is 2.13. The minimum atomic E-state index is -0.124. The molecule has 0 atom stereocenters. The van der Waals surface area contributed by atoms with Gasteiger partial charge in [0.25, 0.3) is 0 Å². The van der Waals surface area contributed by atoms with Crippen molar-refractivity contribution in [2.75, 3.05) is 33.3 Å². The Morgan fingerprint density at radius 2 is 2.00 bits per heavy atom. The van der Waals surface area contributed by atoms with Gasteiger partial charge in [0, 0.05) is 13.1 Å². The molecule has 4 heteroatoms. The van der Waals surface area contributed by atoms with Crippen LogP contribution in [0.4, 0.5) is 0 Å². The van der Waals surface area contributed by atoms with Crippen molar-refractivity contribution in [3.8, 4) is 0 Å². The van der Waals surface area contributed by atoms with Gasteiger partial charge in [-0.05, 0) is 39.0 Å². The van der Waals surface area contributed by atoms with Crippen molar-refractivity contribution in [1.82, 2.24) is 10.2 Å². The van der Waals surface area contributed by atoms with Gasteiger partial charge < -0.3 is 15.0 Å². The number of nitrogens with zero attached hydrogens (tertiary/aromatic N) is 1. The lowest BCUT2D eigenvalue weighted by Crippen LogP contribution is -2.25. The van der Waals surface area contributed by atoms with Crippen molar-refractivity contribution < 1.29 is 9.53 Å². The zero-order valence-corrected chi connectivity index (χ0v) is 12.6. The molecule has 1 aromatic rings. The van der Waals surface area contributed by atoms with Crippen LogP contribution >= 0.6 is 0 Å². The van der Waals surface area contributed by atoms with Gasteiger partial charge in [-0.1, -0.05) is 30.3 Å². The third kappa shape index (κ3) is 7.92. The number of rotatable bonds is 10. The number of hydrogen-bond donors (Lipinski definition) is 1. The quantitative estimate of drug-likeness (QED) is 0.525. The molecule has 0 saturated heterocycles. The molecule has 1 N–H and O–H groups in total. The largest absolute Gasteiger partial charge is 0.466 e. The molecule has 1 aromatic carbocycles. The predicted octanol–water partition coefficient (Wildman–Crippen LogP) is 2.05. The van der Waals surface area contributed by atoms with E-state index in [1.165, 1.54) is 5.56 Å². The molecule has 0 aliphatic heterocycles. The van der Waals surface area contributed by atoms with Gasteiger partial charge in [0.15, 0.2) is 0 Å². The van der Waals surface area contributed by atoms with E-state index in [1.807, 2.05) is 13.0 Å². The Bertz CT molecular complexity index is 368. The molecule has 0 aliphatic rings. The van der Waals surface area contributed by atoms with Crippen LogP contribution in [0.5, 0.6) is 0 Å². The first-order chi connectivity index (χ1) is 9.72. The molecule has 0 aromatic heterocycles. The van der Waals surface area contributed by atoms with Crippen LogP contribution in [-0.2, 0) is 16.1 Å². The maximum absolute atomic E-state index is 11.1. The second-order valence-electron chi connectivity index (χ2n) is 4.88. The van der Waals surface area contributed by atoms with E-state index in [0.717, 1.165) is 26.1 Å². The van der Waals surface area contributed by atoms with Crippen molar-refractivity contribution in [3.05, 3.63) is 35.9 Å². The minimum Gasteiger partial charge on any atom is -0.466 e.